The minimum atomic E-state index is 0.585. The van der Waals surface area contributed by atoms with Crippen molar-refractivity contribution in [3.05, 3.63) is 0 Å². The van der Waals surface area contributed by atoms with Crippen LogP contribution in [0.4, 0.5) is 0 Å². The Morgan fingerprint density at radius 2 is 1.70 bits per heavy atom. The normalized spacial score (nSPS) is 9.80. The van der Waals surface area contributed by atoms with Crippen LogP contribution < -0.4 is 0 Å². The van der Waals surface area contributed by atoms with Crippen LogP contribution in [-0.4, -0.2) is 24.5 Å². The Morgan fingerprint density at radius 1 is 1.20 bits per heavy atom. The van der Waals surface area contributed by atoms with Gasteiger partial charge >= 0.3 is 0 Å². The number of nitriles is 1. The second-order valence-corrected chi connectivity index (χ2v) is 2.43. The van der Waals surface area contributed by atoms with Gasteiger partial charge in [-0.15, -0.1) is 0 Å². The minimum absolute atomic E-state index is 0.585. The van der Waals surface area contributed by atoms with Crippen molar-refractivity contribution in [2.24, 2.45) is 0 Å². The van der Waals surface area contributed by atoms with Crippen molar-refractivity contribution in [1.29, 1.82) is 5.26 Å². The number of rotatable bonds is 5. The van der Waals surface area contributed by atoms with Gasteiger partial charge in [-0.1, -0.05) is 13.8 Å². The van der Waals surface area contributed by atoms with Crippen LogP contribution in [0.5, 0.6) is 0 Å². The fraction of sp³-hybridized carbons (Fsp3) is 0.875. The second kappa shape index (κ2) is 6.57. The molecule has 10 heavy (non-hydrogen) atoms. The van der Waals surface area contributed by atoms with Crippen LogP contribution >= 0.6 is 0 Å². The van der Waals surface area contributed by atoms with Gasteiger partial charge in [-0.2, -0.15) is 5.26 Å². The Morgan fingerprint density at radius 3 is 2.00 bits per heavy atom. The fourth-order valence-electron chi connectivity index (χ4n) is 1.00. The highest BCUT2D eigenvalue weighted by Crippen LogP contribution is 1.91. The van der Waals surface area contributed by atoms with E-state index in [-0.39, 0.29) is 0 Å². The van der Waals surface area contributed by atoms with Gasteiger partial charge in [0.2, 0.25) is 0 Å². The molecule has 0 saturated carbocycles. The highest BCUT2D eigenvalue weighted by molar-refractivity contribution is 4.75. The van der Waals surface area contributed by atoms with Crippen LogP contribution in [0.3, 0.4) is 0 Å². The molecule has 0 amide bonds. The molecule has 0 aliphatic rings. The van der Waals surface area contributed by atoms with Crippen molar-refractivity contribution in [3.8, 4) is 6.07 Å². The first-order valence-electron chi connectivity index (χ1n) is 3.94. The Kier molecular flexibility index (Phi) is 6.21. The molecule has 0 radical (unpaired) electrons. The lowest BCUT2D eigenvalue weighted by atomic mass is 10.3. The molecule has 0 aromatic rings. The van der Waals surface area contributed by atoms with Gasteiger partial charge in [-0.3, -0.25) is 4.90 Å². The maximum atomic E-state index is 8.40. The molecule has 0 fully saturated rings. The lowest BCUT2D eigenvalue weighted by molar-refractivity contribution is 0.307. The number of nitrogens with zero attached hydrogens (tertiary/aromatic N) is 2. The summed E-state index contributed by atoms with van der Waals surface area (Å²) in [5.74, 6) is 0. The van der Waals surface area contributed by atoms with E-state index in [0.717, 1.165) is 25.9 Å². The van der Waals surface area contributed by atoms with Crippen molar-refractivity contribution < 1.29 is 0 Å². The third-order valence-corrected chi connectivity index (χ3v) is 1.37. The summed E-state index contributed by atoms with van der Waals surface area (Å²) in [7, 11) is 0. The van der Waals surface area contributed by atoms with Gasteiger partial charge in [0.15, 0.2) is 0 Å². The van der Waals surface area contributed by atoms with Crippen LogP contribution in [0.1, 0.15) is 26.7 Å². The van der Waals surface area contributed by atoms with Crippen LogP contribution in [0, 0.1) is 11.3 Å². The Bertz CT molecular complexity index is 98.3. The molecule has 2 nitrogen and oxygen atoms in total. The van der Waals surface area contributed by atoms with E-state index in [1.54, 1.807) is 0 Å². The van der Waals surface area contributed by atoms with E-state index in [0.29, 0.717) is 6.54 Å². The zero-order chi connectivity index (χ0) is 7.82. The van der Waals surface area contributed by atoms with E-state index in [9.17, 15) is 0 Å². The van der Waals surface area contributed by atoms with E-state index in [1.807, 2.05) is 0 Å². The van der Waals surface area contributed by atoms with E-state index in [1.165, 1.54) is 0 Å². The summed E-state index contributed by atoms with van der Waals surface area (Å²) in [6, 6.07) is 2.16. The lowest BCUT2D eigenvalue weighted by Gasteiger charge is -2.15. The molecule has 0 atom stereocenters. The quantitative estimate of drug-likeness (QED) is 0.543. The van der Waals surface area contributed by atoms with E-state index >= 15 is 0 Å². The highest BCUT2D eigenvalue weighted by atomic mass is 15.1. The summed E-state index contributed by atoms with van der Waals surface area (Å²) >= 11 is 0. The van der Waals surface area contributed by atoms with Crippen LogP contribution in [-0.2, 0) is 0 Å². The average Bonchev–Trinajstić information content (AvgIpc) is 1.90. The van der Waals surface area contributed by atoms with E-state index < -0.39 is 0 Å². The fourth-order valence-corrected chi connectivity index (χ4v) is 1.00. The Hall–Kier alpha value is -0.550. The zero-order valence-corrected chi connectivity index (χ0v) is 6.93. The smallest absolute Gasteiger partial charge is 0.0865 e. The van der Waals surface area contributed by atoms with Gasteiger partial charge in [-0.25, -0.2) is 0 Å². The summed E-state index contributed by atoms with van der Waals surface area (Å²) in [6.45, 7) is 6.98. The first-order chi connectivity index (χ1) is 4.85. The Balaban J connectivity index is 3.42. The molecule has 0 spiro atoms. The SMILES string of the molecule is CCCN(CC#N)CCC. The van der Waals surface area contributed by atoms with Crippen molar-refractivity contribution in [1.82, 2.24) is 4.90 Å². The van der Waals surface area contributed by atoms with Gasteiger partial charge < -0.3 is 0 Å². The topological polar surface area (TPSA) is 27.0 Å². The maximum absolute atomic E-state index is 8.40. The predicted octanol–water partition coefficient (Wildman–Crippen LogP) is 1.63. The molecule has 2 heteroatoms. The van der Waals surface area contributed by atoms with E-state index in [4.69, 9.17) is 5.26 Å². The molecular formula is C8H16N2. The van der Waals surface area contributed by atoms with Crippen LogP contribution in [0.15, 0.2) is 0 Å². The molecule has 0 unspecified atom stereocenters. The van der Waals surface area contributed by atoms with Gasteiger partial charge in [-0.05, 0) is 25.9 Å². The molecule has 0 saturated heterocycles. The molecular weight excluding hydrogens is 124 g/mol. The third kappa shape index (κ3) is 4.34. The molecule has 0 aromatic carbocycles. The van der Waals surface area contributed by atoms with Crippen molar-refractivity contribution in [2.45, 2.75) is 26.7 Å². The van der Waals surface area contributed by atoms with Crippen molar-refractivity contribution in [3.63, 3.8) is 0 Å². The number of hydrogen-bond acceptors (Lipinski definition) is 2. The standard InChI is InChI=1S/C8H16N2/c1-3-6-10(7-4-2)8-5-9/h3-4,6-8H2,1-2H3. The molecule has 0 aliphatic carbocycles. The Labute approximate surface area is 63.4 Å². The monoisotopic (exact) mass is 140 g/mol. The van der Waals surface area contributed by atoms with Gasteiger partial charge in [0.1, 0.15) is 0 Å². The third-order valence-electron chi connectivity index (χ3n) is 1.37. The van der Waals surface area contributed by atoms with Crippen LogP contribution in [0.25, 0.3) is 0 Å². The first kappa shape index (κ1) is 9.45. The first-order valence-corrected chi connectivity index (χ1v) is 3.94. The maximum Gasteiger partial charge on any atom is 0.0865 e. The van der Waals surface area contributed by atoms with Gasteiger partial charge in [0.05, 0.1) is 12.6 Å². The van der Waals surface area contributed by atoms with Gasteiger partial charge in [0.25, 0.3) is 0 Å². The molecule has 0 N–H and O–H groups in total. The van der Waals surface area contributed by atoms with Crippen molar-refractivity contribution in [2.75, 3.05) is 19.6 Å². The summed E-state index contributed by atoms with van der Waals surface area (Å²) < 4.78 is 0. The molecule has 0 heterocycles. The average molecular weight is 140 g/mol. The zero-order valence-electron chi connectivity index (χ0n) is 6.93. The minimum Gasteiger partial charge on any atom is -0.291 e. The molecule has 0 aromatic heterocycles. The summed E-state index contributed by atoms with van der Waals surface area (Å²) in [5, 5.41) is 8.40. The lowest BCUT2D eigenvalue weighted by Crippen LogP contribution is -2.25. The summed E-state index contributed by atoms with van der Waals surface area (Å²) in [6.07, 6.45) is 2.28. The molecule has 0 bridgehead atoms. The summed E-state index contributed by atoms with van der Waals surface area (Å²) in [5.41, 5.74) is 0. The molecule has 0 rings (SSSR count). The highest BCUT2D eigenvalue weighted by Gasteiger charge is 1.98. The van der Waals surface area contributed by atoms with Crippen molar-refractivity contribution >= 4 is 0 Å². The largest absolute Gasteiger partial charge is 0.291 e. The summed E-state index contributed by atoms with van der Waals surface area (Å²) in [4.78, 5) is 2.18. The van der Waals surface area contributed by atoms with Gasteiger partial charge in [0, 0.05) is 0 Å². The van der Waals surface area contributed by atoms with E-state index in [2.05, 4.69) is 24.8 Å². The van der Waals surface area contributed by atoms with Crippen LogP contribution in [0.2, 0.25) is 0 Å². The number of hydrogen-bond donors (Lipinski definition) is 0. The molecule has 58 valence electrons. The second-order valence-electron chi connectivity index (χ2n) is 2.43. The predicted molar refractivity (Wildman–Crippen MR) is 42.6 cm³/mol. The molecule has 0 aliphatic heterocycles.